The molecule has 0 radical (unpaired) electrons. The average molecular weight is 354 g/mol. The number of halogens is 1. The molecule has 1 aromatic carbocycles. The van der Waals surface area contributed by atoms with Gasteiger partial charge in [0.25, 0.3) is 5.91 Å². The highest BCUT2D eigenvalue weighted by molar-refractivity contribution is 9.10. The van der Waals surface area contributed by atoms with Crippen LogP contribution in [0.5, 0.6) is 0 Å². The Labute approximate surface area is 133 Å². The van der Waals surface area contributed by atoms with Crippen molar-refractivity contribution in [3.8, 4) is 0 Å². The molecule has 1 fully saturated rings. The third-order valence-corrected chi connectivity index (χ3v) is 4.70. The second-order valence-corrected chi connectivity index (χ2v) is 7.05. The monoisotopic (exact) mass is 353 g/mol. The lowest BCUT2D eigenvalue weighted by molar-refractivity contribution is -0.157. The molecule has 0 N–H and O–H groups in total. The Morgan fingerprint density at radius 2 is 2.05 bits per heavy atom. The summed E-state index contributed by atoms with van der Waals surface area (Å²) >= 11 is 3.27. The molecule has 114 valence electrons. The number of hydrogen-bond donors (Lipinski definition) is 0. The van der Waals surface area contributed by atoms with Crippen LogP contribution in [0.3, 0.4) is 0 Å². The minimum Gasteiger partial charge on any atom is -0.451 e. The molecular formula is C16H20BrNO3. The second-order valence-electron chi connectivity index (χ2n) is 5.94. The van der Waals surface area contributed by atoms with Crippen LogP contribution in [0.1, 0.15) is 27.2 Å². The number of para-hydroxylation sites is 1. The predicted octanol–water partition coefficient (Wildman–Crippen LogP) is 3.14. The Hall–Kier alpha value is -1.36. The molecule has 1 aliphatic rings. The summed E-state index contributed by atoms with van der Waals surface area (Å²) in [5, 5.41) is 0. The van der Waals surface area contributed by atoms with E-state index in [0.717, 1.165) is 5.69 Å². The number of ether oxygens (including phenoxy) is 1. The first-order chi connectivity index (χ1) is 9.86. The van der Waals surface area contributed by atoms with Crippen molar-refractivity contribution >= 4 is 33.5 Å². The summed E-state index contributed by atoms with van der Waals surface area (Å²) in [5.41, 5.74) is 0.420. The largest absolute Gasteiger partial charge is 0.451 e. The maximum atomic E-state index is 12.6. The molecule has 1 saturated heterocycles. The highest BCUT2D eigenvalue weighted by Gasteiger charge is 2.49. The quantitative estimate of drug-likeness (QED) is 0.617. The van der Waals surface area contributed by atoms with Crippen LogP contribution in [0.15, 0.2) is 30.3 Å². The van der Waals surface area contributed by atoms with E-state index in [2.05, 4.69) is 15.9 Å². The standard InChI is InChI=1S/C16H20BrNO3/c1-4-12(17)15(20)21-13-14(19)18(10-16(13,2)3)11-8-6-5-7-9-11/h5-9,12-13H,4,10H2,1-3H3/t12-,13-/m1/s1. The van der Waals surface area contributed by atoms with Gasteiger partial charge in [-0.05, 0) is 18.6 Å². The summed E-state index contributed by atoms with van der Waals surface area (Å²) in [6, 6.07) is 9.46. The van der Waals surface area contributed by atoms with Gasteiger partial charge in [0.2, 0.25) is 0 Å². The Bertz CT molecular complexity index is 530. The first-order valence-electron chi connectivity index (χ1n) is 7.08. The molecule has 2 rings (SSSR count). The van der Waals surface area contributed by atoms with E-state index in [1.165, 1.54) is 0 Å². The number of benzene rings is 1. The van der Waals surface area contributed by atoms with E-state index < -0.39 is 11.5 Å². The Kier molecular flexibility index (Phi) is 4.71. The number of esters is 1. The maximum Gasteiger partial charge on any atom is 0.320 e. The molecule has 0 unspecified atom stereocenters. The van der Waals surface area contributed by atoms with Gasteiger partial charge in [0, 0.05) is 17.6 Å². The van der Waals surface area contributed by atoms with Gasteiger partial charge >= 0.3 is 5.97 Å². The highest BCUT2D eigenvalue weighted by Crippen LogP contribution is 2.36. The number of nitrogens with zero attached hydrogens (tertiary/aromatic N) is 1. The summed E-state index contributed by atoms with van der Waals surface area (Å²) in [4.78, 5) is 25.9. The molecule has 0 bridgehead atoms. The lowest BCUT2D eigenvalue weighted by Gasteiger charge is -2.24. The number of carbonyl (C=O) groups is 2. The molecule has 4 nitrogen and oxygen atoms in total. The van der Waals surface area contributed by atoms with Crippen LogP contribution in [0.4, 0.5) is 5.69 Å². The van der Waals surface area contributed by atoms with Crippen molar-refractivity contribution in [3.63, 3.8) is 0 Å². The molecular weight excluding hydrogens is 334 g/mol. The molecule has 1 aliphatic heterocycles. The topological polar surface area (TPSA) is 46.6 Å². The van der Waals surface area contributed by atoms with Crippen molar-refractivity contribution < 1.29 is 14.3 Å². The van der Waals surface area contributed by atoms with Gasteiger partial charge in [0.15, 0.2) is 6.10 Å². The summed E-state index contributed by atoms with van der Waals surface area (Å²) < 4.78 is 5.47. The fourth-order valence-corrected chi connectivity index (χ4v) is 2.55. The molecule has 1 amide bonds. The Balaban J connectivity index is 2.19. The van der Waals surface area contributed by atoms with Crippen LogP contribution < -0.4 is 4.90 Å². The number of hydrogen-bond acceptors (Lipinski definition) is 3. The van der Waals surface area contributed by atoms with Gasteiger partial charge in [-0.1, -0.05) is 54.9 Å². The van der Waals surface area contributed by atoms with Crippen molar-refractivity contribution in [2.24, 2.45) is 5.41 Å². The number of amides is 1. The third-order valence-electron chi connectivity index (χ3n) is 3.68. The number of alkyl halides is 1. The Morgan fingerprint density at radius 1 is 1.43 bits per heavy atom. The van der Waals surface area contributed by atoms with E-state index in [0.29, 0.717) is 13.0 Å². The second kappa shape index (κ2) is 6.18. The minimum absolute atomic E-state index is 0.157. The fourth-order valence-electron chi connectivity index (χ4n) is 2.44. The van der Waals surface area contributed by atoms with Crippen molar-refractivity contribution in [3.05, 3.63) is 30.3 Å². The molecule has 2 atom stereocenters. The first-order valence-corrected chi connectivity index (χ1v) is 7.99. The zero-order valence-electron chi connectivity index (χ0n) is 12.5. The van der Waals surface area contributed by atoms with Crippen molar-refractivity contribution in [1.29, 1.82) is 0 Å². The molecule has 1 heterocycles. The molecule has 0 spiro atoms. The lowest BCUT2D eigenvalue weighted by Crippen LogP contribution is -2.37. The normalized spacial score (nSPS) is 22.2. The van der Waals surface area contributed by atoms with E-state index in [-0.39, 0.29) is 16.7 Å². The van der Waals surface area contributed by atoms with Crippen LogP contribution in [-0.4, -0.2) is 29.4 Å². The molecule has 0 aromatic heterocycles. The van der Waals surface area contributed by atoms with Crippen LogP contribution in [-0.2, 0) is 14.3 Å². The number of carbonyl (C=O) groups excluding carboxylic acids is 2. The van der Waals surface area contributed by atoms with Crippen LogP contribution in [0.25, 0.3) is 0 Å². The zero-order chi connectivity index (χ0) is 15.6. The lowest BCUT2D eigenvalue weighted by atomic mass is 9.89. The van der Waals surface area contributed by atoms with Crippen LogP contribution in [0, 0.1) is 5.41 Å². The third kappa shape index (κ3) is 3.28. The Morgan fingerprint density at radius 3 is 2.62 bits per heavy atom. The van der Waals surface area contributed by atoms with E-state index in [9.17, 15) is 9.59 Å². The van der Waals surface area contributed by atoms with E-state index >= 15 is 0 Å². The SMILES string of the molecule is CC[C@@H](Br)C(=O)O[C@@H]1C(=O)N(c2ccccc2)CC1(C)C. The van der Waals surface area contributed by atoms with Gasteiger partial charge in [-0.25, -0.2) is 0 Å². The number of rotatable bonds is 4. The first kappa shape index (κ1) is 16.0. The maximum absolute atomic E-state index is 12.6. The average Bonchev–Trinajstić information content (AvgIpc) is 2.70. The van der Waals surface area contributed by atoms with E-state index in [1.807, 2.05) is 51.1 Å². The smallest absolute Gasteiger partial charge is 0.320 e. The molecule has 1 aromatic rings. The highest BCUT2D eigenvalue weighted by atomic mass is 79.9. The summed E-state index contributed by atoms with van der Waals surface area (Å²) in [5.74, 6) is -0.533. The van der Waals surface area contributed by atoms with Crippen LogP contribution >= 0.6 is 15.9 Å². The van der Waals surface area contributed by atoms with Gasteiger partial charge in [-0.3, -0.25) is 9.59 Å². The van der Waals surface area contributed by atoms with E-state index in [1.54, 1.807) is 4.90 Å². The zero-order valence-corrected chi connectivity index (χ0v) is 14.1. The summed E-state index contributed by atoms with van der Waals surface area (Å²) in [6.45, 7) is 6.31. The van der Waals surface area contributed by atoms with Gasteiger partial charge in [-0.2, -0.15) is 0 Å². The van der Waals surface area contributed by atoms with Crippen LogP contribution in [0.2, 0.25) is 0 Å². The van der Waals surface area contributed by atoms with E-state index in [4.69, 9.17) is 4.74 Å². The fraction of sp³-hybridized carbons (Fsp3) is 0.500. The minimum atomic E-state index is -0.739. The van der Waals surface area contributed by atoms with Gasteiger partial charge < -0.3 is 9.64 Å². The van der Waals surface area contributed by atoms with Gasteiger partial charge in [0.05, 0.1) is 0 Å². The summed E-state index contributed by atoms with van der Waals surface area (Å²) in [7, 11) is 0. The number of anilines is 1. The molecule has 21 heavy (non-hydrogen) atoms. The van der Waals surface area contributed by atoms with Gasteiger partial charge in [-0.15, -0.1) is 0 Å². The molecule has 0 aliphatic carbocycles. The predicted molar refractivity (Wildman–Crippen MR) is 85.5 cm³/mol. The van der Waals surface area contributed by atoms with Crippen molar-refractivity contribution in [2.45, 2.75) is 38.1 Å². The van der Waals surface area contributed by atoms with Crippen molar-refractivity contribution in [1.82, 2.24) is 0 Å². The summed E-state index contributed by atoms with van der Waals surface area (Å²) in [6.07, 6.45) is -0.112. The molecule has 5 heteroatoms. The molecule has 0 saturated carbocycles. The van der Waals surface area contributed by atoms with Crippen molar-refractivity contribution in [2.75, 3.05) is 11.4 Å². The van der Waals surface area contributed by atoms with Gasteiger partial charge in [0.1, 0.15) is 4.83 Å².